The van der Waals surface area contributed by atoms with Crippen LogP contribution in [0.5, 0.6) is 0 Å². The van der Waals surface area contributed by atoms with Crippen molar-refractivity contribution in [3.8, 4) is 0 Å². The zero-order valence-electron chi connectivity index (χ0n) is 14.0. The summed E-state index contributed by atoms with van der Waals surface area (Å²) in [7, 11) is 0. The summed E-state index contributed by atoms with van der Waals surface area (Å²) in [6.07, 6.45) is 6.43. The van der Waals surface area contributed by atoms with Crippen LogP contribution in [-0.2, 0) is 11.2 Å². The number of aromatic nitrogens is 1. The summed E-state index contributed by atoms with van der Waals surface area (Å²) in [5, 5.41) is 4.21. The molecule has 24 heavy (non-hydrogen) atoms. The third kappa shape index (κ3) is 3.32. The van der Waals surface area contributed by atoms with Gasteiger partial charge < -0.3 is 20.9 Å². The molecule has 1 aromatic carbocycles. The quantitative estimate of drug-likeness (QED) is 0.755. The van der Waals surface area contributed by atoms with Crippen LogP contribution in [0, 0.1) is 5.92 Å². The maximum atomic E-state index is 12.3. The molecule has 1 aromatic heterocycles. The number of likely N-dealkylation sites (tertiary alicyclic amines) is 1. The van der Waals surface area contributed by atoms with Gasteiger partial charge in [0.2, 0.25) is 5.91 Å². The number of carbonyl (C=O) groups excluding carboxylic acids is 1. The van der Waals surface area contributed by atoms with Gasteiger partial charge in [0.05, 0.1) is 6.04 Å². The van der Waals surface area contributed by atoms with Crippen LogP contribution in [0.4, 0.5) is 0 Å². The fraction of sp³-hybridized carbons (Fsp3) is 0.526. The predicted octanol–water partition coefficient (Wildman–Crippen LogP) is 1.64. The van der Waals surface area contributed by atoms with E-state index < -0.39 is 6.04 Å². The molecular weight excluding hydrogens is 300 g/mol. The highest BCUT2D eigenvalue weighted by Crippen LogP contribution is 2.31. The first-order chi connectivity index (χ1) is 11.7. The van der Waals surface area contributed by atoms with E-state index in [1.165, 1.54) is 25.8 Å². The molecule has 2 fully saturated rings. The number of benzene rings is 1. The highest BCUT2D eigenvalue weighted by Gasteiger charge is 2.34. The molecule has 0 bridgehead atoms. The van der Waals surface area contributed by atoms with Gasteiger partial charge in [0.25, 0.3) is 0 Å². The standard InChI is InChI=1S/C19H26N4O/c20-17(9-14-11-21-18-4-2-1-3-16(14)18)19(24)22-10-13-7-8-23(12-13)15-5-6-15/h1-4,11,13,15,17,21H,5-10,12,20H2,(H,22,24)/t13?,17-/m0/s1. The molecule has 1 unspecified atom stereocenters. The van der Waals surface area contributed by atoms with E-state index in [-0.39, 0.29) is 5.91 Å². The van der Waals surface area contributed by atoms with Crippen molar-refractivity contribution in [1.82, 2.24) is 15.2 Å². The number of fused-ring (bicyclic) bond motifs is 1. The van der Waals surface area contributed by atoms with E-state index in [1.54, 1.807) is 0 Å². The molecule has 4 rings (SSSR count). The molecular formula is C19H26N4O. The number of hydrogen-bond acceptors (Lipinski definition) is 3. The molecule has 2 atom stereocenters. The number of amides is 1. The lowest BCUT2D eigenvalue weighted by molar-refractivity contribution is -0.122. The Morgan fingerprint density at radius 1 is 1.33 bits per heavy atom. The van der Waals surface area contributed by atoms with Crippen molar-refractivity contribution in [3.63, 3.8) is 0 Å². The lowest BCUT2D eigenvalue weighted by Crippen LogP contribution is -2.44. The fourth-order valence-electron chi connectivity index (χ4n) is 3.81. The van der Waals surface area contributed by atoms with Crippen molar-refractivity contribution in [2.45, 2.75) is 37.8 Å². The van der Waals surface area contributed by atoms with Crippen molar-refractivity contribution in [3.05, 3.63) is 36.0 Å². The summed E-state index contributed by atoms with van der Waals surface area (Å²) in [6, 6.07) is 8.45. The summed E-state index contributed by atoms with van der Waals surface area (Å²) in [5.41, 5.74) is 8.33. The second kappa shape index (κ2) is 6.57. The molecule has 2 aromatic rings. The maximum absolute atomic E-state index is 12.3. The first-order valence-corrected chi connectivity index (χ1v) is 9.03. The lowest BCUT2D eigenvalue weighted by atomic mass is 10.0. The summed E-state index contributed by atoms with van der Waals surface area (Å²) >= 11 is 0. The van der Waals surface area contributed by atoms with Gasteiger partial charge in [0, 0.05) is 36.2 Å². The third-order valence-electron chi connectivity index (χ3n) is 5.40. The van der Waals surface area contributed by atoms with E-state index in [0.717, 1.165) is 35.6 Å². The zero-order chi connectivity index (χ0) is 16.5. The summed E-state index contributed by atoms with van der Waals surface area (Å²) in [5.74, 6) is 0.542. The first-order valence-electron chi connectivity index (χ1n) is 9.03. The third-order valence-corrected chi connectivity index (χ3v) is 5.40. The van der Waals surface area contributed by atoms with Crippen LogP contribution < -0.4 is 11.1 Å². The molecule has 5 nitrogen and oxygen atoms in total. The Hall–Kier alpha value is -1.85. The normalized spacial score (nSPS) is 22.8. The van der Waals surface area contributed by atoms with Gasteiger partial charge in [-0.3, -0.25) is 4.79 Å². The Kier molecular flexibility index (Phi) is 4.29. The molecule has 1 aliphatic carbocycles. The van der Waals surface area contributed by atoms with Crippen LogP contribution in [0.2, 0.25) is 0 Å². The zero-order valence-corrected chi connectivity index (χ0v) is 14.0. The molecule has 4 N–H and O–H groups in total. The van der Waals surface area contributed by atoms with E-state index in [4.69, 9.17) is 5.73 Å². The van der Waals surface area contributed by atoms with Gasteiger partial charge in [0.15, 0.2) is 0 Å². The highest BCUT2D eigenvalue weighted by molar-refractivity contribution is 5.86. The smallest absolute Gasteiger partial charge is 0.237 e. The number of nitrogens with zero attached hydrogens (tertiary/aromatic N) is 1. The topological polar surface area (TPSA) is 74.1 Å². The Morgan fingerprint density at radius 2 is 2.17 bits per heavy atom. The van der Waals surface area contributed by atoms with Gasteiger partial charge in [-0.25, -0.2) is 0 Å². The maximum Gasteiger partial charge on any atom is 0.237 e. The average Bonchev–Trinajstić information content (AvgIpc) is 3.21. The molecule has 1 saturated carbocycles. The van der Waals surface area contributed by atoms with Gasteiger partial charge in [-0.1, -0.05) is 18.2 Å². The van der Waals surface area contributed by atoms with Crippen molar-refractivity contribution in [2.75, 3.05) is 19.6 Å². The van der Waals surface area contributed by atoms with E-state index >= 15 is 0 Å². The van der Waals surface area contributed by atoms with Crippen LogP contribution in [0.1, 0.15) is 24.8 Å². The van der Waals surface area contributed by atoms with Crippen LogP contribution in [0.15, 0.2) is 30.5 Å². The minimum absolute atomic E-state index is 0.0369. The number of nitrogens with two attached hydrogens (primary N) is 1. The second-order valence-electron chi connectivity index (χ2n) is 7.30. The van der Waals surface area contributed by atoms with Crippen LogP contribution in [0.3, 0.4) is 0 Å². The molecule has 1 amide bonds. The molecule has 1 aliphatic heterocycles. The minimum Gasteiger partial charge on any atom is -0.361 e. The number of aromatic amines is 1. The van der Waals surface area contributed by atoms with Gasteiger partial charge in [-0.2, -0.15) is 0 Å². The average molecular weight is 326 g/mol. The Bertz CT molecular complexity index is 721. The Balaban J connectivity index is 1.28. The summed E-state index contributed by atoms with van der Waals surface area (Å²) in [6.45, 7) is 3.07. The second-order valence-corrected chi connectivity index (χ2v) is 7.30. The number of para-hydroxylation sites is 1. The number of rotatable bonds is 6. The van der Waals surface area contributed by atoms with Crippen LogP contribution >= 0.6 is 0 Å². The molecule has 128 valence electrons. The number of hydrogen-bond donors (Lipinski definition) is 3. The van der Waals surface area contributed by atoms with Crippen molar-refractivity contribution >= 4 is 16.8 Å². The van der Waals surface area contributed by atoms with E-state index in [0.29, 0.717) is 12.3 Å². The number of H-pyrrole nitrogens is 1. The summed E-state index contributed by atoms with van der Waals surface area (Å²) in [4.78, 5) is 18.1. The molecule has 1 saturated heterocycles. The monoisotopic (exact) mass is 326 g/mol. The van der Waals surface area contributed by atoms with Crippen molar-refractivity contribution in [1.29, 1.82) is 0 Å². The highest BCUT2D eigenvalue weighted by atomic mass is 16.2. The van der Waals surface area contributed by atoms with Crippen LogP contribution in [0.25, 0.3) is 10.9 Å². The van der Waals surface area contributed by atoms with Gasteiger partial charge in [0.1, 0.15) is 0 Å². The van der Waals surface area contributed by atoms with Gasteiger partial charge >= 0.3 is 0 Å². The van der Waals surface area contributed by atoms with Crippen molar-refractivity contribution in [2.24, 2.45) is 11.7 Å². The van der Waals surface area contributed by atoms with Crippen molar-refractivity contribution < 1.29 is 4.79 Å². The molecule has 0 radical (unpaired) electrons. The van der Waals surface area contributed by atoms with E-state index in [1.807, 2.05) is 24.4 Å². The van der Waals surface area contributed by atoms with E-state index in [9.17, 15) is 4.79 Å². The SMILES string of the molecule is N[C@@H](Cc1c[nH]c2ccccc12)C(=O)NCC1CCN(C2CC2)C1. The molecule has 0 spiro atoms. The predicted molar refractivity (Wildman–Crippen MR) is 95.7 cm³/mol. The minimum atomic E-state index is -0.495. The molecule has 5 heteroatoms. The first kappa shape index (κ1) is 15.7. The largest absolute Gasteiger partial charge is 0.361 e. The fourth-order valence-corrected chi connectivity index (χ4v) is 3.81. The van der Waals surface area contributed by atoms with E-state index in [2.05, 4.69) is 21.3 Å². The van der Waals surface area contributed by atoms with Gasteiger partial charge in [-0.15, -0.1) is 0 Å². The number of nitrogens with one attached hydrogen (secondary N) is 2. The van der Waals surface area contributed by atoms with Crippen LogP contribution in [-0.4, -0.2) is 47.5 Å². The Labute approximate surface area is 142 Å². The summed E-state index contributed by atoms with van der Waals surface area (Å²) < 4.78 is 0. The Morgan fingerprint density at radius 3 is 3.00 bits per heavy atom. The lowest BCUT2D eigenvalue weighted by Gasteiger charge is -2.16. The number of carbonyl (C=O) groups is 1. The van der Waals surface area contributed by atoms with Gasteiger partial charge in [-0.05, 0) is 49.8 Å². The molecule has 2 aliphatic rings. The molecule has 2 heterocycles.